The van der Waals surface area contributed by atoms with Gasteiger partial charge in [0.05, 0.1) is 6.04 Å². The van der Waals surface area contributed by atoms with E-state index in [0.29, 0.717) is 6.42 Å². The number of hydrazine groups is 1. The predicted octanol–water partition coefficient (Wildman–Crippen LogP) is 2.25. The molecular formula is C17H19N3O2. The minimum atomic E-state index is -0.343. The number of anilines is 1. The summed E-state index contributed by atoms with van der Waals surface area (Å²) in [5, 5.41) is 12.8. The number of carbonyl (C=O) groups is 1. The SMILES string of the molecule is Cc1ccccc1NC(=O)C1CC(c2ccccc2O)NN1. The number of phenolic OH excluding ortho intramolecular Hbond substituents is 1. The van der Waals surface area contributed by atoms with Crippen molar-refractivity contribution >= 4 is 11.6 Å². The van der Waals surface area contributed by atoms with Crippen LogP contribution >= 0.6 is 0 Å². The summed E-state index contributed by atoms with van der Waals surface area (Å²) in [6, 6.07) is 14.4. The normalized spacial score (nSPS) is 20.8. The molecule has 5 heteroatoms. The molecule has 2 unspecified atom stereocenters. The Kier molecular flexibility index (Phi) is 4.09. The highest BCUT2D eigenvalue weighted by Gasteiger charge is 2.31. The van der Waals surface area contributed by atoms with Crippen LogP contribution in [0.5, 0.6) is 5.75 Å². The number of aromatic hydroxyl groups is 1. The molecule has 0 spiro atoms. The Hall–Kier alpha value is -2.37. The van der Waals surface area contributed by atoms with Crippen LogP contribution in [0.3, 0.4) is 0 Å². The molecule has 2 aromatic carbocycles. The molecule has 1 aliphatic heterocycles. The summed E-state index contributed by atoms with van der Waals surface area (Å²) in [4.78, 5) is 12.4. The van der Waals surface area contributed by atoms with Gasteiger partial charge in [-0.15, -0.1) is 0 Å². The fraction of sp³-hybridized carbons (Fsp3) is 0.235. The summed E-state index contributed by atoms with van der Waals surface area (Å²) in [7, 11) is 0. The Balaban J connectivity index is 1.67. The maximum Gasteiger partial charge on any atom is 0.242 e. The fourth-order valence-corrected chi connectivity index (χ4v) is 2.65. The molecule has 0 radical (unpaired) electrons. The molecule has 1 fully saturated rings. The lowest BCUT2D eigenvalue weighted by atomic mass is 10.0. The molecule has 5 nitrogen and oxygen atoms in total. The van der Waals surface area contributed by atoms with Gasteiger partial charge in [-0.05, 0) is 31.0 Å². The van der Waals surface area contributed by atoms with Crippen molar-refractivity contribution in [1.29, 1.82) is 0 Å². The first-order valence-corrected chi connectivity index (χ1v) is 7.30. The smallest absolute Gasteiger partial charge is 0.242 e. The molecule has 22 heavy (non-hydrogen) atoms. The summed E-state index contributed by atoms with van der Waals surface area (Å²) in [6.45, 7) is 1.96. The van der Waals surface area contributed by atoms with Gasteiger partial charge in [-0.25, -0.2) is 10.9 Å². The molecule has 114 valence electrons. The van der Waals surface area contributed by atoms with Crippen LogP contribution in [0, 0.1) is 6.92 Å². The van der Waals surface area contributed by atoms with E-state index in [-0.39, 0.29) is 23.7 Å². The van der Waals surface area contributed by atoms with Crippen molar-refractivity contribution in [2.24, 2.45) is 0 Å². The second-order valence-corrected chi connectivity index (χ2v) is 5.49. The zero-order valence-electron chi connectivity index (χ0n) is 12.3. The quantitative estimate of drug-likeness (QED) is 0.701. The first-order valence-electron chi connectivity index (χ1n) is 7.30. The first kappa shape index (κ1) is 14.6. The molecule has 0 bridgehead atoms. The second kappa shape index (κ2) is 6.17. The van der Waals surface area contributed by atoms with Crippen LogP contribution in [-0.2, 0) is 4.79 Å². The molecule has 0 aromatic heterocycles. The summed E-state index contributed by atoms with van der Waals surface area (Å²) < 4.78 is 0. The molecule has 2 aromatic rings. The van der Waals surface area contributed by atoms with Gasteiger partial charge in [-0.3, -0.25) is 4.79 Å². The van der Waals surface area contributed by atoms with Crippen molar-refractivity contribution in [3.8, 4) is 5.75 Å². The van der Waals surface area contributed by atoms with Crippen molar-refractivity contribution in [3.63, 3.8) is 0 Å². The van der Waals surface area contributed by atoms with Gasteiger partial charge in [0.1, 0.15) is 11.8 Å². The van der Waals surface area contributed by atoms with Gasteiger partial charge in [0, 0.05) is 11.3 Å². The third-order valence-corrected chi connectivity index (χ3v) is 3.93. The van der Waals surface area contributed by atoms with Gasteiger partial charge in [0.2, 0.25) is 5.91 Å². The van der Waals surface area contributed by atoms with E-state index in [4.69, 9.17) is 0 Å². The van der Waals surface area contributed by atoms with E-state index in [1.165, 1.54) is 0 Å². The number of para-hydroxylation sites is 2. The molecule has 1 heterocycles. The van der Waals surface area contributed by atoms with Crippen molar-refractivity contribution in [2.75, 3.05) is 5.32 Å². The molecule has 2 atom stereocenters. The van der Waals surface area contributed by atoms with E-state index >= 15 is 0 Å². The first-order chi connectivity index (χ1) is 10.6. The number of benzene rings is 2. The van der Waals surface area contributed by atoms with Crippen molar-refractivity contribution in [1.82, 2.24) is 10.9 Å². The molecule has 1 saturated heterocycles. The number of hydrogen-bond acceptors (Lipinski definition) is 4. The predicted molar refractivity (Wildman–Crippen MR) is 85.3 cm³/mol. The average Bonchev–Trinajstić information content (AvgIpc) is 3.00. The van der Waals surface area contributed by atoms with Gasteiger partial charge >= 0.3 is 0 Å². The van der Waals surface area contributed by atoms with Crippen LogP contribution in [0.1, 0.15) is 23.6 Å². The molecule has 0 aliphatic carbocycles. The monoisotopic (exact) mass is 297 g/mol. The fourth-order valence-electron chi connectivity index (χ4n) is 2.65. The minimum Gasteiger partial charge on any atom is -0.508 e. The number of phenols is 1. The summed E-state index contributed by atoms with van der Waals surface area (Å²) in [5.41, 5.74) is 8.71. The topological polar surface area (TPSA) is 73.4 Å². The molecule has 4 N–H and O–H groups in total. The van der Waals surface area contributed by atoms with E-state index in [0.717, 1.165) is 16.8 Å². The average molecular weight is 297 g/mol. The number of carbonyl (C=O) groups excluding carboxylic acids is 1. The van der Waals surface area contributed by atoms with Gasteiger partial charge in [-0.2, -0.15) is 0 Å². The standard InChI is InChI=1S/C17H19N3O2/c1-11-6-2-4-8-13(11)18-17(22)15-10-14(19-20-15)12-7-3-5-9-16(12)21/h2-9,14-15,19-21H,10H2,1H3,(H,18,22). The van der Waals surface area contributed by atoms with Crippen LogP contribution in [0.4, 0.5) is 5.69 Å². The van der Waals surface area contributed by atoms with Crippen LogP contribution in [0.15, 0.2) is 48.5 Å². The third kappa shape index (κ3) is 2.95. The summed E-state index contributed by atoms with van der Waals surface area (Å²) in [6.07, 6.45) is 0.579. The Morgan fingerprint density at radius 1 is 1.14 bits per heavy atom. The number of aryl methyl sites for hydroxylation is 1. The van der Waals surface area contributed by atoms with Crippen molar-refractivity contribution in [2.45, 2.75) is 25.4 Å². The highest BCUT2D eigenvalue weighted by atomic mass is 16.3. The number of nitrogens with one attached hydrogen (secondary N) is 3. The maximum absolute atomic E-state index is 12.4. The Morgan fingerprint density at radius 3 is 2.64 bits per heavy atom. The Bertz CT molecular complexity index is 687. The van der Waals surface area contributed by atoms with E-state index in [1.807, 2.05) is 43.3 Å². The zero-order valence-corrected chi connectivity index (χ0v) is 12.3. The Morgan fingerprint density at radius 2 is 1.86 bits per heavy atom. The largest absolute Gasteiger partial charge is 0.508 e. The van der Waals surface area contributed by atoms with Crippen LogP contribution < -0.4 is 16.2 Å². The highest BCUT2D eigenvalue weighted by molar-refractivity contribution is 5.95. The summed E-state index contributed by atoms with van der Waals surface area (Å²) >= 11 is 0. The Labute approximate surface area is 129 Å². The molecule has 1 aliphatic rings. The van der Waals surface area contributed by atoms with E-state index in [9.17, 15) is 9.90 Å². The number of amides is 1. The third-order valence-electron chi connectivity index (χ3n) is 3.93. The van der Waals surface area contributed by atoms with Gasteiger partial charge < -0.3 is 10.4 Å². The minimum absolute atomic E-state index is 0.0836. The molecular weight excluding hydrogens is 278 g/mol. The lowest BCUT2D eigenvalue weighted by Gasteiger charge is -2.12. The van der Waals surface area contributed by atoms with Crippen LogP contribution in [0.2, 0.25) is 0 Å². The number of rotatable bonds is 3. The number of hydrogen-bond donors (Lipinski definition) is 4. The molecule has 0 saturated carbocycles. The van der Waals surface area contributed by atoms with Crippen molar-refractivity contribution in [3.05, 3.63) is 59.7 Å². The summed E-state index contributed by atoms with van der Waals surface area (Å²) in [5.74, 6) is 0.154. The lowest BCUT2D eigenvalue weighted by Crippen LogP contribution is -2.39. The van der Waals surface area contributed by atoms with E-state index in [1.54, 1.807) is 12.1 Å². The van der Waals surface area contributed by atoms with Crippen molar-refractivity contribution < 1.29 is 9.90 Å². The van der Waals surface area contributed by atoms with E-state index in [2.05, 4.69) is 16.2 Å². The second-order valence-electron chi connectivity index (χ2n) is 5.49. The van der Waals surface area contributed by atoms with Gasteiger partial charge in [0.25, 0.3) is 0 Å². The van der Waals surface area contributed by atoms with Crippen LogP contribution in [-0.4, -0.2) is 17.1 Å². The van der Waals surface area contributed by atoms with Gasteiger partial charge in [-0.1, -0.05) is 36.4 Å². The molecule has 3 rings (SSSR count). The maximum atomic E-state index is 12.4. The highest BCUT2D eigenvalue weighted by Crippen LogP contribution is 2.29. The zero-order chi connectivity index (χ0) is 15.5. The van der Waals surface area contributed by atoms with E-state index < -0.39 is 0 Å². The molecule has 1 amide bonds. The lowest BCUT2D eigenvalue weighted by molar-refractivity contribution is -0.117. The van der Waals surface area contributed by atoms with Crippen LogP contribution in [0.25, 0.3) is 0 Å². The van der Waals surface area contributed by atoms with Gasteiger partial charge in [0.15, 0.2) is 0 Å².